The first-order chi connectivity index (χ1) is 6.59. The van der Waals surface area contributed by atoms with Crippen molar-refractivity contribution in [3.05, 3.63) is 27.8 Å². The molecule has 0 fully saturated rings. The molecule has 1 atom stereocenters. The van der Waals surface area contributed by atoms with Gasteiger partial charge in [-0.05, 0) is 13.0 Å². The van der Waals surface area contributed by atoms with E-state index < -0.39 is 5.97 Å². The molecule has 0 radical (unpaired) electrons. The van der Waals surface area contributed by atoms with Crippen molar-refractivity contribution in [2.24, 2.45) is 0 Å². The van der Waals surface area contributed by atoms with Crippen molar-refractivity contribution in [2.75, 3.05) is 13.2 Å². The van der Waals surface area contributed by atoms with Crippen molar-refractivity contribution in [3.8, 4) is 0 Å². The number of carbonyl (C=O) groups excluding carboxylic acids is 1. The van der Waals surface area contributed by atoms with Crippen LogP contribution in [0.3, 0.4) is 0 Å². The minimum Gasteiger partial charge on any atom is -0.545 e. The lowest BCUT2D eigenvalue weighted by Gasteiger charge is -2.10. The van der Waals surface area contributed by atoms with Gasteiger partial charge in [-0.3, -0.25) is 0 Å². The minimum atomic E-state index is -1.29. The molecule has 74 valence electrons. The molecule has 0 unspecified atom stereocenters. The third kappa shape index (κ3) is 1.26. The van der Waals surface area contributed by atoms with Gasteiger partial charge in [0.05, 0.1) is 17.6 Å². The van der Waals surface area contributed by atoms with Crippen LogP contribution in [0.15, 0.2) is 22.9 Å². The van der Waals surface area contributed by atoms with Gasteiger partial charge in [0.1, 0.15) is 6.61 Å². The summed E-state index contributed by atoms with van der Waals surface area (Å²) in [6.07, 6.45) is 1.27. The van der Waals surface area contributed by atoms with Crippen LogP contribution in [0.5, 0.6) is 0 Å². The summed E-state index contributed by atoms with van der Waals surface area (Å²) in [4.78, 5) is 22.0. The van der Waals surface area contributed by atoms with E-state index in [0.717, 1.165) is 0 Å². The van der Waals surface area contributed by atoms with Crippen LogP contribution in [-0.4, -0.2) is 30.0 Å². The van der Waals surface area contributed by atoms with Crippen molar-refractivity contribution >= 4 is 5.97 Å². The first-order valence-corrected chi connectivity index (χ1v) is 4.31. The van der Waals surface area contributed by atoms with Gasteiger partial charge in [-0.15, -0.1) is 0 Å². The predicted molar refractivity (Wildman–Crippen MR) is 44.0 cm³/mol. The first-order valence-electron chi connectivity index (χ1n) is 4.31. The number of hydrogen-bond acceptors (Lipinski definition) is 4. The van der Waals surface area contributed by atoms with E-state index in [-0.39, 0.29) is 24.8 Å². The molecule has 0 spiro atoms. The number of rotatable bonds is 1. The second-order valence-electron chi connectivity index (χ2n) is 3.35. The monoisotopic (exact) mass is 195 g/mol. The molecule has 0 saturated heterocycles. The summed E-state index contributed by atoms with van der Waals surface area (Å²) >= 11 is 0. The van der Waals surface area contributed by atoms with E-state index in [4.69, 9.17) is 4.74 Å². The van der Waals surface area contributed by atoms with E-state index >= 15 is 0 Å². The molecule has 5 heteroatoms. The molecule has 0 aromatic heterocycles. The van der Waals surface area contributed by atoms with Gasteiger partial charge in [0.2, 0.25) is 6.54 Å². The van der Waals surface area contributed by atoms with Gasteiger partial charge in [0.15, 0.2) is 0 Å². The lowest BCUT2D eigenvalue weighted by atomic mass is 10.0. The molecule has 2 rings (SSSR count). The predicted octanol–water partition coefficient (Wildman–Crippen LogP) is -0.872. The molecule has 2 aliphatic rings. The van der Waals surface area contributed by atoms with Gasteiger partial charge in [0.25, 0.3) is 5.70 Å². The Kier molecular flexibility index (Phi) is 1.96. The maximum atomic E-state index is 11.4. The Hall–Kier alpha value is -1.49. The van der Waals surface area contributed by atoms with E-state index in [1.807, 2.05) is 0 Å². The van der Waals surface area contributed by atoms with Crippen LogP contribution in [0, 0.1) is 4.91 Å². The van der Waals surface area contributed by atoms with Gasteiger partial charge in [-0.25, -0.2) is 0 Å². The third-order valence-electron chi connectivity index (χ3n) is 2.45. The average Bonchev–Trinajstić information content (AvgIpc) is 2.48. The van der Waals surface area contributed by atoms with Crippen molar-refractivity contribution in [1.82, 2.24) is 0 Å². The van der Waals surface area contributed by atoms with Crippen LogP contribution in [-0.2, 0) is 9.53 Å². The molecule has 14 heavy (non-hydrogen) atoms. The van der Waals surface area contributed by atoms with Crippen LogP contribution in [0.25, 0.3) is 0 Å². The quantitative estimate of drug-likeness (QED) is 0.510. The zero-order chi connectivity index (χ0) is 10.3. The molecular weight excluding hydrogens is 186 g/mol. The molecule has 0 saturated carbocycles. The number of hydrogen-bond donors (Lipinski definition) is 0. The average molecular weight is 195 g/mol. The number of carboxylic acids is 1. The van der Waals surface area contributed by atoms with E-state index in [2.05, 4.69) is 0 Å². The summed E-state index contributed by atoms with van der Waals surface area (Å²) in [6.45, 7) is 1.89. The highest BCUT2D eigenvalue weighted by atomic mass is 16.5. The summed E-state index contributed by atoms with van der Waals surface area (Å²) < 4.78 is 5.88. The largest absolute Gasteiger partial charge is 0.545 e. The topological polar surface area (TPSA) is 69.4 Å². The van der Waals surface area contributed by atoms with E-state index in [1.54, 1.807) is 6.92 Å². The van der Waals surface area contributed by atoms with Crippen LogP contribution < -0.4 is 5.11 Å². The standard InChI is InChI=1S/C9H9NO4/c1-5-7-2-6(9(11)12)3-10(13)8(7)4-14-5/h2,5H,3-4H2,1H3/t5-/m1/s1. The van der Waals surface area contributed by atoms with Gasteiger partial charge in [-0.1, -0.05) is 0 Å². The highest BCUT2D eigenvalue weighted by Gasteiger charge is 2.36. The van der Waals surface area contributed by atoms with E-state index in [9.17, 15) is 14.8 Å². The zero-order valence-electron chi connectivity index (χ0n) is 7.65. The van der Waals surface area contributed by atoms with Gasteiger partial charge < -0.3 is 14.6 Å². The SMILES string of the molecule is C[C@H]1OCC2=C1C=C(C(=O)[O-])C[N+]2=O. The summed E-state index contributed by atoms with van der Waals surface area (Å²) in [6, 6.07) is 0. The highest BCUT2D eigenvalue weighted by molar-refractivity contribution is 5.86. The minimum absolute atomic E-state index is 0.0103. The molecular formula is C9H9NO4. The second-order valence-corrected chi connectivity index (χ2v) is 3.35. The van der Waals surface area contributed by atoms with Crippen LogP contribution in [0.1, 0.15) is 6.92 Å². The fraction of sp³-hybridized carbons (Fsp3) is 0.444. The lowest BCUT2D eigenvalue weighted by Crippen LogP contribution is -2.31. The van der Waals surface area contributed by atoms with Gasteiger partial charge in [-0.2, -0.15) is 0 Å². The van der Waals surface area contributed by atoms with E-state index in [0.29, 0.717) is 16.0 Å². The number of carbonyl (C=O) groups is 1. The number of nitroso groups, excluding NO2 is 1. The Bertz CT molecular complexity index is 380. The Morgan fingerprint density at radius 3 is 3.07 bits per heavy atom. The van der Waals surface area contributed by atoms with Crippen molar-refractivity contribution in [1.29, 1.82) is 0 Å². The molecule has 5 nitrogen and oxygen atoms in total. The number of carboxylic acid groups (broad SMARTS) is 1. The molecule has 0 aromatic rings. The third-order valence-corrected chi connectivity index (χ3v) is 2.45. The highest BCUT2D eigenvalue weighted by Crippen LogP contribution is 2.27. The summed E-state index contributed by atoms with van der Waals surface area (Å²) in [5.41, 5.74) is 1.20. The first kappa shape index (κ1) is 9.08. The maximum absolute atomic E-state index is 11.4. The van der Waals surface area contributed by atoms with Gasteiger partial charge >= 0.3 is 0 Å². The molecule has 0 bridgehead atoms. The second kappa shape index (κ2) is 3.02. The Morgan fingerprint density at radius 1 is 1.71 bits per heavy atom. The summed E-state index contributed by atoms with van der Waals surface area (Å²) in [5, 5.41) is 10.6. The van der Waals surface area contributed by atoms with Crippen LogP contribution >= 0.6 is 0 Å². The van der Waals surface area contributed by atoms with Crippen molar-refractivity contribution in [2.45, 2.75) is 13.0 Å². The zero-order valence-corrected chi connectivity index (χ0v) is 7.65. The van der Waals surface area contributed by atoms with Crippen molar-refractivity contribution < 1.29 is 19.4 Å². The Labute approximate surface area is 80.2 Å². The molecule has 0 aliphatic carbocycles. The molecule has 2 heterocycles. The number of aliphatic carboxylic acids is 1. The normalized spacial score (nSPS) is 26.2. The Morgan fingerprint density at radius 2 is 2.43 bits per heavy atom. The van der Waals surface area contributed by atoms with Crippen LogP contribution in [0.4, 0.5) is 0 Å². The molecule has 2 aliphatic heterocycles. The fourth-order valence-corrected chi connectivity index (χ4v) is 1.64. The van der Waals surface area contributed by atoms with Crippen LogP contribution in [0.2, 0.25) is 0 Å². The Balaban J connectivity index is 2.42. The molecule has 0 aromatic carbocycles. The molecule has 0 amide bonds. The van der Waals surface area contributed by atoms with E-state index in [1.165, 1.54) is 6.08 Å². The smallest absolute Gasteiger partial charge is 0.264 e. The fourth-order valence-electron chi connectivity index (χ4n) is 1.64. The van der Waals surface area contributed by atoms with Crippen molar-refractivity contribution in [3.63, 3.8) is 0 Å². The number of nitrogens with zero attached hydrogens (tertiary/aromatic N) is 1. The number of ether oxygens (including phenoxy) is 1. The lowest BCUT2D eigenvalue weighted by molar-refractivity contribution is -0.495. The molecule has 0 N–H and O–H groups in total. The maximum Gasteiger partial charge on any atom is 0.264 e. The van der Waals surface area contributed by atoms with Gasteiger partial charge in [0, 0.05) is 15.2 Å². The summed E-state index contributed by atoms with van der Waals surface area (Å²) in [7, 11) is 0. The summed E-state index contributed by atoms with van der Waals surface area (Å²) in [5.74, 6) is -1.29.